The second-order valence-corrected chi connectivity index (χ2v) is 16.3. The molecule has 2 N–H and O–H groups in total. The molecule has 0 aliphatic heterocycles. The standard InChI is InChI=1S/C34H70O2S/c1-9-10-11-12-13-14-15-16-17-18-23-37-29(2)24-32(25-30(19-21-35)27-33(3,4)5)26-31(20-22-36)28-34(6,7)8/h29-32,35-36H,9-28H2,1-8H3. The van der Waals surface area contributed by atoms with Crippen LogP contribution in [0.25, 0.3) is 0 Å². The van der Waals surface area contributed by atoms with Gasteiger partial charge < -0.3 is 10.2 Å². The van der Waals surface area contributed by atoms with Crippen molar-refractivity contribution in [3.63, 3.8) is 0 Å². The van der Waals surface area contributed by atoms with Crippen molar-refractivity contribution in [1.82, 2.24) is 0 Å². The minimum atomic E-state index is 0.302. The van der Waals surface area contributed by atoms with E-state index >= 15 is 0 Å². The van der Waals surface area contributed by atoms with Gasteiger partial charge in [-0.3, -0.25) is 0 Å². The van der Waals surface area contributed by atoms with E-state index in [4.69, 9.17) is 0 Å². The van der Waals surface area contributed by atoms with Crippen LogP contribution in [0, 0.1) is 28.6 Å². The predicted octanol–water partition coefficient (Wildman–Crippen LogP) is 10.7. The lowest BCUT2D eigenvalue weighted by atomic mass is 9.74. The molecule has 3 unspecified atom stereocenters. The van der Waals surface area contributed by atoms with Gasteiger partial charge in [-0.05, 0) is 85.7 Å². The molecule has 3 atom stereocenters. The maximum atomic E-state index is 9.78. The highest BCUT2D eigenvalue weighted by Gasteiger charge is 2.27. The minimum absolute atomic E-state index is 0.302. The Balaban J connectivity index is 4.74. The summed E-state index contributed by atoms with van der Waals surface area (Å²) in [4.78, 5) is 0. The van der Waals surface area contributed by atoms with E-state index in [0.717, 1.165) is 12.8 Å². The van der Waals surface area contributed by atoms with Crippen LogP contribution in [0.5, 0.6) is 0 Å². The van der Waals surface area contributed by atoms with Crippen LogP contribution in [0.15, 0.2) is 0 Å². The third-order valence-corrected chi connectivity index (χ3v) is 9.06. The van der Waals surface area contributed by atoms with Crippen molar-refractivity contribution >= 4 is 11.8 Å². The zero-order valence-electron chi connectivity index (χ0n) is 26.8. The summed E-state index contributed by atoms with van der Waals surface area (Å²) in [5, 5.41) is 20.3. The summed E-state index contributed by atoms with van der Waals surface area (Å²) in [6.07, 6.45) is 22.1. The maximum Gasteiger partial charge on any atom is 0.0433 e. The molecule has 0 rings (SSSR count). The molecule has 0 saturated carbocycles. The Morgan fingerprint density at radius 1 is 0.568 bits per heavy atom. The molecule has 0 radical (unpaired) electrons. The first-order valence-corrected chi connectivity index (χ1v) is 17.3. The molecule has 0 aliphatic rings. The second-order valence-electron chi connectivity index (χ2n) is 14.7. The van der Waals surface area contributed by atoms with Crippen LogP contribution in [0.3, 0.4) is 0 Å². The van der Waals surface area contributed by atoms with Gasteiger partial charge in [0.1, 0.15) is 0 Å². The second kappa shape index (κ2) is 22.0. The molecule has 0 amide bonds. The molecular weight excluding hydrogens is 472 g/mol. The van der Waals surface area contributed by atoms with Crippen molar-refractivity contribution in [3.05, 3.63) is 0 Å². The van der Waals surface area contributed by atoms with Crippen LogP contribution in [-0.2, 0) is 0 Å². The molecule has 0 heterocycles. The summed E-state index contributed by atoms with van der Waals surface area (Å²) in [6.45, 7) is 19.4. The molecule has 0 aromatic heterocycles. The first kappa shape index (κ1) is 37.3. The first-order valence-electron chi connectivity index (χ1n) is 16.2. The molecular formula is C34H70O2S. The molecule has 0 saturated heterocycles. The van der Waals surface area contributed by atoms with Gasteiger partial charge in [-0.15, -0.1) is 0 Å². The lowest BCUT2D eigenvalue weighted by molar-refractivity contribution is 0.158. The van der Waals surface area contributed by atoms with E-state index in [1.54, 1.807) is 0 Å². The molecule has 0 fully saturated rings. The zero-order valence-corrected chi connectivity index (χ0v) is 27.6. The van der Waals surface area contributed by atoms with Crippen molar-refractivity contribution in [2.24, 2.45) is 28.6 Å². The van der Waals surface area contributed by atoms with Gasteiger partial charge in [0, 0.05) is 18.5 Å². The fourth-order valence-corrected chi connectivity index (χ4v) is 7.53. The Morgan fingerprint density at radius 2 is 0.973 bits per heavy atom. The van der Waals surface area contributed by atoms with Gasteiger partial charge in [0.15, 0.2) is 0 Å². The van der Waals surface area contributed by atoms with Gasteiger partial charge in [-0.1, -0.05) is 113 Å². The highest BCUT2D eigenvalue weighted by Crippen LogP contribution is 2.38. The molecule has 0 aliphatic carbocycles. The Hall–Kier alpha value is 0.270. The monoisotopic (exact) mass is 543 g/mol. The highest BCUT2D eigenvalue weighted by atomic mass is 32.2. The van der Waals surface area contributed by atoms with Gasteiger partial charge in [0.05, 0.1) is 0 Å². The predicted molar refractivity (Wildman–Crippen MR) is 170 cm³/mol. The Bertz CT molecular complexity index is 465. The van der Waals surface area contributed by atoms with Gasteiger partial charge in [0.25, 0.3) is 0 Å². The zero-order chi connectivity index (χ0) is 28.2. The normalized spacial score (nSPS) is 16.1. The van der Waals surface area contributed by atoms with Crippen LogP contribution in [0.1, 0.15) is 165 Å². The lowest BCUT2D eigenvalue weighted by Crippen LogP contribution is -2.23. The van der Waals surface area contributed by atoms with Gasteiger partial charge >= 0.3 is 0 Å². The topological polar surface area (TPSA) is 40.5 Å². The molecule has 2 nitrogen and oxygen atoms in total. The van der Waals surface area contributed by atoms with Crippen LogP contribution >= 0.6 is 11.8 Å². The van der Waals surface area contributed by atoms with E-state index in [2.05, 4.69) is 67.2 Å². The number of hydrogen-bond donors (Lipinski definition) is 2. The van der Waals surface area contributed by atoms with Crippen molar-refractivity contribution in [3.8, 4) is 0 Å². The summed E-state index contributed by atoms with van der Waals surface area (Å²) in [7, 11) is 0. The Labute approximate surface area is 238 Å². The number of unbranched alkanes of at least 4 members (excludes halogenated alkanes) is 9. The first-order chi connectivity index (χ1) is 17.4. The summed E-state index contributed by atoms with van der Waals surface area (Å²) >= 11 is 2.19. The van der Waals surface area contributed by atoms with Crippen LogP contribution in [0.4, 0.5) is 0 Å². The van der Waals surface area contributed by atoms with Crippen molar-refractivity contribution in [2.45, 2.75) is 170 Å². The van der Waals surface area contributed by atoms with Crippen LogP contribution in [0.2, 0.25) is 0 Å². The molecule has 0 aromatic carbocycles. The molecule has 0 spiro atoms. The molecule has 0 aromatic rings. The highest BCUT2D eigenvalue weighted by molar-refractivity contribution is 7.99. The number of aliphatic hydroxyl groups excluding tert-OH is 2. The van der Waals surface area contributed by atoms with Crippen molar-refractivity contribution in [1.29, 1.82) is 0 Å². The average molecular weight is 543 g/mol. The van der Waals surface area contributed by atoms with E-state index in [0.29, 0.717) is 47.0 Å². The average Bonchev–Trinajstić information content (AvgIpc) is 2.75. The number of thioether (sulfide) groups is 1. The summed E-state index contributed by atoms with van der Waals surface area (Å²) < 4.78 is 0. The summed E-state index contributed by atoms with van der Waals surface area (Å²) in [5.41, 5.74) is 0.604. The number of aliphatic hydroxyl groups is 2. The molecule has 3 heteroatoms. The number of rotatable bonds is 24. The van der Waals surface area contributed by atoms with Crippen LogP contribution < -0.4 is 0 Å². The quantitative estimate of drug-likeness (QED) is 0.119. The summed E-state index contributed by atoms with van der Waals surface area (Å²) in [5.74, 6) is 3.18. The van der Waals surface area contributed by atoms with Gasteiger partial charge in [0.2, 0.25) is 0 Å². The largest absolute Gasteiger partial charge is 0.396 e. The van der Waals surface area contributed by atoms with Gasteiger partial charge in [-0.2, -0.15) is 11.8 Å². The van der Waals surface area contributed by atoms with Crippen LogP contribution in [-0.4, -0.2) is 34.4 Å². The molecule has 37 heavy (non-hydrogen) atoms. The smallest absolute Gasteiger partial charge is 0.0433 e. The molecule has 224 valence electrons. The fourth-order valence-electron chi connectivity index (χ4n) is 6.35. The summed E-state index contributed by atoms with van der Waals surface area (Å²) in [6, 6.07) is 0. The minimum Gasteiger partial charge on any atom is -0.396 e. The lowest BCUT2D eigenvalue weighted by Gasteiger charge is -2.33. The van der Waals surface area contributed by atoms with E-state index in [1.165, 1.54) is 102 Å². The Kier molecular flexibility index (Phi) is 22.2. The van der Waals surface area contributed by atoms with E-state index < -0.39 is 0 Å². The molecule has 0 bridgehead atoms. The van der Waals surface area contributed by atoms with Gasteiger partial charge in [-0.25, -0.2) is 0 Å². The van der Waals surface area contributed by atoms with E-state index in [-0.39, 0.29) is 0 Å². The fraction of sp³-hybridized carbons (Fsp3) is 1.00. The third kappa shape index (κ3) is 25.0. The Morgan fingerprint density at radius 3 is 1.35 bits per heavy atom. The maximum absolute atomic E-state index is 9.78. The number of hydrogen-bond acceptors (Lipinski definition) is 3. The van der Waals surface area contributed by atoms with E-state index in [1.807, 2.05) is 0 Å². The third-order valence-electron chi connectivity index (χ3n) is 7.78. The van der Waals surface area contributed by atoms with Crippen molar-refractivity contribution < 1.29 is 10.2 Å². The SMILES string of the molecule is CCCCCCCCCCCCSC(C)CC(CC(CCO)CC(C)(C)C)CC(CCO)CC(C)(C)C. The van der Waals surface area contributed by atoms with E-state index in [9.17, 15) is 10.2 Å². The van der Waals surface area contributed by atoms with Crippen molar-refractivity contribution in [2.75, 3.05) is 19.0 Å².